The SMILES string of the molecule is NCc1nnn(CC23CC4CC(CC(C4)C2)C3)n1. The first-order valence-electron chi connectivity index (χ1n) is 7.21. The van der Waals surface area contributed by atoms with Crippen molar-refractivity contribution in [2.24, 2.45) is 28.9 Å². The molecule has 0 saturated heterocycles. The number of tetrazole rings is 1. The molecule has 5 heteroatoms. The first-order chi connectivity index (χ1) is 8.75. The Morgan fingerprint density at radius 3 is 2.22 bits per heavy atom. The minimum atomic E-state index is 0.390. The van der Waals surface area contributed by atoms with E-state index in [9.17, 15) is 0 Å². The highest BCUT2D eigenvalue weighted by Gasteiger charge is 2.51. The van der Waals surface area contributed by atoms with E-state index in [-0.39, 0.29) is 0 Å². The fourth-order valence-electron chi connectivity index (χ4n) is 5.21. The Balaban J connectivity index is 1.56. The van der Waals surface area contributed by atoms with E-state index in [1.54, 1.807) is 4.80 Å². The molecule has 4 aliphatic rings. The van der Waals surface area contributed by atoms with E-state index in [0.29, 0.717) is 17.8 Å². The Bertz CT molecular complexity index is 417. The molecule has 1 aromatic rings. The second-order valence-electron chi connectivity index (χ2n) is 6.86. The molecule has 0 atom stereocenters. The van der Waals surface area contributed by atoms with Crippen LogP contribution in [0.5, 0.6) is 0 Å². The third-order valence-electron chi connectivity index (χ3n) is 5.32. The van der Waals surface area contributed by atoms with Gasteiger partial charge >= 0.3 is 0 Å². The molecular formula is C13H21N5. The highest BCUT2D eigenvalue weighted by Crippen LogP contribution is 2.60. The predicted octanol–water partition coefficient (Wildman–Crippen LogP) is 1.35. The smallest absolute Gasteiger partial charge is 0.188 e. The quantitative estimate of drug-likeness (QED) is 0.875. The maximum Gasteiger partial charge on any atom is 0.188 e. The molecule has 0 unspecified atom stereocenters. The fourth-order valence-corrected chi connectivity index (χ4v) is 5.21. The van der Waals surface area contributed by atoms with Crippen molar-refractivity contribution in [3.8, 4) is 0 Å². The van der Waals surface area contributed by atoms with Crippen LogP contribution in [0.25, 0.3) is 0 Å². The number of hydrogen-bond acceptors (Lipinski definition) is 4. The van der Waals surface area contributed by atoms with Crippen LogP contribution in [0.3, 0.4) is 0 Å². The van der Waals surface area contributed by atoms with Crippen LogP contribution in [0.15, 0.2) is 0 Å². The zero-order chi connectivity index (χ0) is 12.2. The summed E-state index contributed by atoms with van der Waals surface area (Å²) in [5, 5.41) is 12.5. The summed E-state index contributed by atoms with van der Waals surface area (Å²) in [6.07, 6.45) is 8.61. The molecule has 0 amide bonds. The largest absolute Gasteiger partial charge is 0.324 e. The highest BCUT2D eigenvalue weighted by molar-refractivity contribution is 5.00. The van der Waals surface area contributed by atoms with Crippen molar-refractivity contribution in [1.29, 1.82) is 0 Å². The first kappa shape index (κ1) is 10.9. The van der Waals surface area contributed by atoms with E-state index in [2.05, 4.69) is 15.4 Å². The fraction of sp³-hybridized carbons (Fsp3) is 0.923. The summed E-state index contributed by atoms with van der Waals surface area (Å²) in [5.74, 6) is 3.61. The Morgan fingerprint density at radius 2 is 1.72 bits per heavy atom. The third-order valence-corrected chi connectivity index (χ3v) is 5.32. The van der Waals surface area contributed by atoms with Gasteiger partial charge in [-0.3, -0.25) is 0 Å². The summed E-state index contributed by atoms with van der Waals surface area (Å²) in [7, 11) is 0. The maximum absolute atomic E-state index is 5.55. The van der Waals surface area contributed by atoms with E-state index in [4.69, 9.17) is 5.73 Å². The highest BCUT2D eigenvalue weighted by atomic mass is 15.6. The average Bonchev–Trinajstić information content (AvgIpc) is 2.74. The molecule has 0 radical (unpaired) electrons. The maximum atomic E-state index is 5.55. The van der Waals surface area contributed by atoms with E-state index < -0.39 is 0 Å². The number of nitrogens with zero attached hydrogens (tertiary/aromatic N) is 4. The second-order valence-corrected chi connectivity index (χ2v) is 6.86. The van der Waals surface area contributed by atoms with E-state index in [1.807, 2.05) is 0 Å². The third kappa shape index (κ3) is 1.67. The average molecular weight is 247 g/mol. The van der Waals surface area contributed by atoms with Gasteiger partial charge in [0.05, 0.1) is 13.1 Å². The summed E-state index contributed by atoms with van der Waals surface area (Å²) < 4.78 is 0. The number of nitrogens with two attached hydrogens (primary N) is 1. The lowest BCUT2D eigenvalue weighted by atomic mass is 9.49. The van der Waals surface area contributed by atoms with Gasteiger partial charge in [-0.25, -0.2) is 0 Å². The van der Waals surface area contributed by atoms with Crippen LogP contribution in [0.2, 0.25) is 0 Å². The summed E-state index contributed by atoms with van der Waals surface area (Å²) >= 11 is 0. The zero-order valence-electron chi connectivity index (χ0n) is 10.8. The van der Waals surface area contributed by atoms with Crippen molar-refractivity contribution in [3.63, 3.8) is 0 Å². The molecule has 4 aliphatic carbocycles. The van der Waals surface area contributed by atoms with Crippen LogP contribution in [0.1, 0.15) is 44.3 Å². The Labute approximate surface area is 107 Å². The molecule has 98 valence electrons. The molecule has 5 rings (SSSR count). The molecule has 1 heterocycles. The molecule has 1 aromatic heterocycles. The Kier molecular flexibility index (Phi) is 2.28. The molecular weight excluding hydrogens is 226 g/mol. The van der Waals surface area contributed by atoms with Crippen LogP contribution >= 0.6 is 0 Å². The van der Waals surface area contributed by atoms with Gasteiger partial charge in [0.15, 0.2) is 5.82 Å². The van der Waals surface area contributed by atoms with Crippen molar-refractivity contribution in [2.45, 2.75) is 51.6 Å². The van der Waals surface area contributed by atoms with Crippen molar-refractivity contribution in [3.05, 3.63) is 5.82 Å². The summed E-state index contributed by atoms with van der Waals surface area (Å²) in [6.45, 7) is 1.35. The van der Waals surface area contributed by atoms with E-state index in [1.165, 1.54) is 38.5 Å². The summed E-state index contributed by atoms with van der Waals surface area (Å²) in [5.41, 5.74) is 6.02. The topological polar surface area (TPSA) is 69.6 Å². The lowest BCUT2D eigenvalue weighted by molar-refractivity contribution is -0.0657. The van der Waals surface area contributed by atoms with Gasteiger partial charge in [0.2, 0.25) is 0 Å². The van der Waals surface area contributed by atoms with E-state index >= 15 is 0 Å². The molecule has 2 N–H and O–H groups in total. The van der Waals surface area contributed by atoms with Gasteiger partial charge in [0, 0.05) is 0 Å². The molecule has 0 aromatic carbocycles. The molecule has 18 heavy (non-hydrogen) atoms. The predicted molar refractivity (Wildman–Crippen MR) is 66.3 cm³/mol. The molecule has 5 nitrogen and oxygen atoms in total. The van der Waals surface area contributed by atoms with Gasteiger partial charge in [-0.2, -0.15) is 4.80 Å². The second kappa shape index (κ2) is 3.76. The lowest BCUT2D eigenvalue weighted by Crippen LogP contribution is -2.48. The normalized spacial score (nSPS) is 41.5. The minimum Gasteiger partial charge on any atom is -0.324 e. The van der Waals surface area contributed by atoms with Gasteiger partial charge in [0.1, 0.15) is 0 Å². The van der Waals surface area contributed by atoms with Crippen LogP contribution in [-0.2, 0) is 13.1 Å². The van der Waals surface area contributed by atoms with Gasteiger partial charge < -0.3 is 5.73 Å². The molecule has 4 fully saturated rings. The number of rotatable bonds is 3. The van der Waals surface area contributed by atoms with Gasteiger partial charge in [-0.15, -0.1) is 10.2 Å². The summed E-state index contributed by atoms with van der Waals surface area (Å²) in [4.78, 5) is 1.80. The van der Waals surface area contributed by atoms with Gasteiger partial charge in [-0.05, 0) is 66.9 Å². The van der Waals surface area contributed by atoms with Crippen LogP contribution in [-0.4, -0.2) is 20.2 Å². The van der Waals surface area contributed by atoms with E-state index in [0.717, 1.165) is 24.3 Å². The standard InChI is InChI=1S/C13H21N5/c14-7-12-15-17-18(16-12)8-13-4-9-1-10(5-13)3-11(2-9)6-13/h9-11H,1-8,14H2. The van der Waals surface area contributed by atoms with Crippen LogP contribution in [0.4, 0.5) is 0 Å². The molecule has 4 bridgehead atoms. The van der Waals surface area contributed by atoms with Crippen LogP contribution < -0.4 is 5.73 Å². The van der Waals surface area contributed by atoms with Gasteiger partial charge in [0.25, 0.3) is 0 Å². The summed E-state index contributed by atoms with van der Waals surface area (Å²) in [6, 6.07) is 0. The van der Waals surface area contributed by atoms with Crippen molar-refractivity contribution in [1.82, 2.24) is 20.2 Å². The van der Waals surface area contributed by atoms with Crippen molar-refractivity contribution in [2.75, 3.05) is 0 Å². The monoisotopic (exact) mass is 247 g/mol. The molecule has 4 saturated carbocycles. The van der Waals surface area contributed by atoms with Crippen molar-refractivity contribution >= 4 is 0 Å². The Hall–Kier alpha value is -0.970. The minimum absolute atomic E-state index is 0.390. The Morgan fingerprint density at radius 1 is 1.11 bits per heavy atom. The van der Waals surface area contributed by atoms with Crippen LogP contribution in [0, 0.1) is 23.2 Å². The lowest BCUT2D eigenvalue weighted by Gasteiger charge is -2.56. The number of hydrogen-bond donors (Lipinski definition) is 1. The van der Waals surface area contributed by atoms with Gasteiger partial charge in [-0.1, -0.05) is 0 Å². The van der Waals surface area contributed by atoms with Crippen molar-refractivity contribution < 1.29 is 0 Å². The molecule has 0 spiro atoms. The number of aromatic nitrogens is 4. The first-order valence-corrected chi connectivity index (χ1v) is 7.21. The molecule has 0 aliphatic heterocycles. The zero-order valence-corrected chi connectivity index (χ0v) is 10.8.